The summed E-state index contributed by atoms with van der Waals surface area (Å²) < 4.78 is 11.0. The zero-order valence-corrected chi connectivity index (χ0v) is 16.4. The highest BCUT2D eigenvalue weighted by atomic mass is 16.5. The van der Waals surface area contributed by atoms with Gasteiger partial charge in [0.05, 0.1) is 12.8 Å². The number of aromatic nitrogens is 2. The highest BCUT2D eigenvalue weighted by molar-refractivity contribution is 5.78. The fourth-order valence-corrected chi connectivity index (χ4v) is 3.41. The fourth-order valence-electron chi connectivity index (χ4n) is 3.41. The van der Waals surface area contributed by atoms with Crippen LogP contribution in [0, 0.1) is 6.92 Å². The van der Waals surface area contributed by atoms with Crippen molar-refractivity contribution in [1.82, 2.24) is 15.1 Å². The van der Waals surface area contributed by atoms with Crippen LogP contribution in [0.4, 0.5) is 5.82 Å². The highest BCUT2D eigenvalue weighted by Crippen LogP contribution is 2.38. The number of hydrogen-bond donors (Lipinski definition) is 0. The Labute approximate surface area is 165 Å². The van der Waals surface area contributed by atoms with E-state index in [4.69, 9.17) is 9.47 Å². The molecule has 0 N–H and O–H groups in total. The molecule has 0 bridgehead atoms. The molecule has 0 radical (unpaired) electrons. The van der Waals surface area contributed by atoms with Gasteiger partial charge in [-0.25, -0.2) is 0 Å². The molecule has 1 aromatic carbocycles. The van der Waals surface area contributed by atoms with Crippen molar-refractivity contribution in [2.75, 3.05) is 44.8 Å². The first-order valence-electron chi connectivity index (χ1n) is 9.78. The Morgan fingerprint density at radius 2 is 1.86 bits per heavy atom. The van der Waals surface area contributed by atoms with Crippen LogP contribution in [0.2, 0.25) is 0 Å². The summed E-state index contributed by atoms with van der Waals surface area (Å²) in [6.07, 6.45) is 2.46. The van der Waals surface area contributed by atoms with E-state index in [1.807, 2.05) is 36.1 Å². The van der Waals surface area contributed by atoms with Crippen LogP contribution < -0.4 is 14.4 Å². The lowest BCUT2D eigenvalue weighted by molar-refractivity contribution is -0.133. The molecular formula is C21H26N4O3. The molecule has 7 nitrogen and oxygen atoms in total. The van der Waals surface area contributed by atoms with Crippen molar-refractivity contribution in [2.24, 2.45) is 0 Å². The smallest absolute Gasteiger partial charge is 0.260 e. The van der Waals surface area contributed by atoms with Crippen LogP contribution in [0.3, 0.4) is 0 Å². The van der Waals surface area contributed by atoms with Gasteiger partial charge in [-0.05, 0) is 49.6 Å². The van der Waals surface area contributed by atoms with Gasteiger partial charge in [-0.3, -0.25) is 4.79 Å². The Kier molecular flexibility index (Phi) is 5.32. The van der Waals surface area contributed by atoms with Gasteiger partial charge in [-0.2, -0.15) is 5.10 Å². The average molecular weight is 382 g/mol. The second kappa shape index (κ2) is 8.04. The zero-order valence-electron chi connectivity index (χ0n) is 16.4. The monoisotopic (exact) mass is 382 g/mol. The lowest BCUT2D eigenvalue weighted by Crippen LogP contribution is -2.50. The molecule has 1 amide bonds. The standard InChI is InChI=1S/C21H26N4O3/c1-15-3-7-18(19(13-15)27-2)28-14-21(26)25-11-9-24(10-12-25)20-8-6-17(22-23-20)16-4-5-16/h3,6-8,13,16H,4-5,9-12,14H2,1-2H3. The van der Waals surface area contributed by atoms with E-state index in [0.29, 0.717) is 30.5 Å². The van der Waals surface area contributed by atoms with E-state index >= 15 is 0 Å². The van der Waals surface area contributed by atoms with Crippen LogP contribution >= 0.6 is 0 Å². The number of carbonyl (C=O) groups excluding carboxylic acids is 1. The highest BCUT2D eigenvalue weighted by Gasteiger charge is 2.26. The summed E-state index contributed by atoms with van der Waals surface area (Å²) in [5.74, 6) is 2.72. The predicted molar refractivity (Wildman–Crippen MR) is 106 cm³/mol. The molecule has 0 atom stereocenters. The molecule has 2 fully saturated rings. The topological polar surface area (TPSA) is 67.8 Å². The molecule has 0 unspecified atom stereocenters. The minimum Gasteiger partial charge on any atom is -0.493 e. The van der Waals surface area contributed by atoms with Crippen molar-refractivity contribution in [3.8, 4) is 11.5 Å². The van der Waals surface area contributed by atoms with E-state index in [1.165, 1.54) is 12.8 Å². The number of ether oxygens (including phenoxy) is 2. The van der Waals surface area contributed by atoms with Gasteiger partial charge in [-0.1, -0.05) is 6.07 Å². The van der Waals surface area contributed by atoms with Crippen LogP contribution in [-0.4, -0.2) is 60.9 Å². The van der Waals surface area contributed by atoms with Gasteiger partial charge < -0.3 is 19.3 Å². The molecule has 28 heavy (non-hydrogen) atoms. The summed E-state index contributed by atoms with van der Waals surface area (Å²) in [7, 11) is 1.60. The molecule has 2 aliphatic rings. The number of carbonyl (C=O) groups is 1. The van der Waals surface area contributed by atoms with Gasteiger partial charge in [0.2, 0.25) is 0 Å². The molecule has 1 aliphatic heterocycles. The summed E-state index contributed by atoms with van der Waals surface area (Å²) in [6, 6.07) is 9.80. The Morgan fingerprint density at radius 1 is 1.07 bits per heavy atom. The van der Waals surface area contributed by atoms with Gasteiger partial charge >= 0.3 is 0 Å². The third-order valence-corrected chi connectivity index (χ3v) is 5.29. The number of anilines is 1. The molecule has 0 spiro atoms. The van der Waals surface area contributed by atoms with E-state index in [9.17, 15) is 4.79 Å². The second-order valence-corrected chi connectivity index (χ2v) is 7.40. The predicted octanol–water partition coefficient (Wildman–Crippen LogP) is 2.40. The SMILES string of the molecule is COc1cc(C)ccc1OCC(=O)N1CCN(c2ccc(C3CC3)nn2)CC1. The molecule has 1 aliphatic carbocycles. The molecule has 1 saturated heterocycles. The Morgan fingerprint density at radius 3 is 2.50 bits per heavy atom. The number of amides is 1. The number of hydrogen-bond acceptors (Lipinski definition) is 6. The molecule has 1 aromatic heterocycles. The fraction of sp³-hybridized carbons (Fsp3) is 0.476. The van der Waals surface area contributed by atoms with Crippen LogP contribution in [0.5, 0.6) is 11.5 Å². The van der Waals surface area contributed by atoms with Gasteiger partial charge in [-0.15, -0.1) is 5.10 Å². The summed E-state index contributed by atoms with van der Waals surface area (Å²) in [5, 5.41) is 8.72. The Bertz CT molecular complexity index is 828. The van der Waals surface area contributed by atoms with Crippen molar-refractivity contribution in [3.05, 3.63) is 41.6 Å². The van der Waals surface area contributed by atoms with Gasteiger partial charge in [0.1, 0.15) is 0 Å². The molecule has 4 rings (SSSR count). The molecule has 1 saturated carbocycles. The van der Waals surface area contributed by atoms with Crippen molar-refractivity contribution in [3.63, 3.8) is 0 Å². The van der Waals surface area contributed by atoms with E-state index < -0.39 is 0 Å². The second-order valence-electron chi connectivity index (χ2n) is 7.40. The molecule has 2 aromatic rings. The van der Waals surface area contributed by atoms with Gasteiger partial charge in [0.15, 0.2) is 23.9 Å². The first-order valence-corrected chi connectivity index (χ1v) is 9.78. The lowest BCUT2D eigenvalue weighted by atomic mass is 10.2. The van der Waals surface area contributed by atoms with E-state index in [0.717, 1.165) is 30.2 Å². The number of aryl methyl sites for hydroxylation is 1. The summed E-state index contributed by atoms with van der Waals surface area (Å²) in [4.78, 5) is 16.5. The normalized spacial score (nSPS) is 16.8. The zero-order chi connectivity index (χ0) is 19.5. The third-order valence-electron chi connectivity index (χ3n) is 5.29. The number of methoxy groups -OCH3 is 1. The van der Waals surface area contributed by atoms with Crippen molar-refractivity contribution in [1.29, 1.82) is 0 Å². The summed E-state index contributed by atoms with van der Waals surface area (Å²) >= 11 is 0. The van der Waals surface area contributed by atoms with Crippen molar-refractivity contribution < 1.29 is 14.3 Å². The third kappa shape index (κ3) is 4.18. The van der Waals surface area contributed by atoms with Crippen LogP contribution in [0.1, 0.15) is 30.0 Å². The number of rotatable bonds is 6. The maximum Gasteiger partial charge on any atom is 0.260 e. The lowest BCUT2D eigenvalue weighted by Gasteiger charge is -2.35. The minimum absolute atomic E-state index is 0.00924. The minimum atomic E-state index is -0.0163. The first kappa shape index (κ1) is 18.5. The number of benzene rings is 1. The van der Waals surface area contributed by atoms with E-state index in [2.05, 4.69) is 21.2 Å². The maximum absolute atomic E-state index is 12.5. The summed E-state index contributed by atoms with van der Waals surface area (Å²) in [5.41, 5.74) is 2.18. The van der Waals surface area contributed by atoms with Crippen molar-refractivity contribution in [2.45, 2.75) is 25.7 Å². The van der Waals surface area contributed by atoms with Crippen LogP contribution in [0.25, 0.3) is 0 Å². The van der Waals surface area contributed by atoms with Gasteiger partial charge in [0.25, 0.3) is 5.91 Å². The Hall–Kier alpha value is -2.83. The van der Waals surface area contributed by atoms with Crippen LogP contribution in [0.15, 0.2) is 30.3 Å². The first-order chi connectivity index (χ1) is 13.6. The quantitative estimate of drug-likeness (QED) is 0.764. The van der Waals surface area contributed by atoms with Crippen LogP contribution in [-0.2, 0) is 4.79 Å². The van der Waals surface area contributed by atoms with Gasteiger partial charge in [0, 0.05) is 32.1 Å². The molecule has 7 heteroatoms. The molecule has 2 heterocycles. The van der Waals surface area contributed by atoms with Crippen molar-refractivity contribution >= 4 is 11.7 Å². The molecular weight excluding hydrogens is 356 g/mol. The largest absolute Gasteiger partial charge is 0.493 e. The average Bonchev–Trinajstić information content (AvgIpc) is 3.58. The molecule has 148 valence electrons. The number of piperazine rings is 1. The van der Waals surface area contributed by atoms with E-state index in [-0.39, 0.29) is 12.5 Å². The maximum atomic E-state index is 12.5. The Balaban J connectivity index is 1.28. The number of nitrogens with zero attached hydrogens (tertiary/aromatic N) is 4. The van der Waals surface area contributed by atoms with E-state index in [1.54, 1.807) is 7.11 Å². The summed E-state index contributed by atoms with van der Waals surface area (Å²) in [6.45, 7) is 4.79.